The molecule has 1 aromatic carbocycles. The van der Waals surface area contributed by atoms with E-state index in [4.69, 9.17) is 5.73 Å². The number of rotatable bonds is 1. The average Bonchev–Trinajstić information content (AvgIpc) is 2.21. The van der Waals surface area contributed by atoms with Crippen molar-refractivity contribution in [3.63, 3.8) is 0 Å². The Hall–Kier alpha value is -1.22. The second-order valence-electron chi connectivity index (χ2n) is 3.82. The molecule has 0 amide bonds. The third-order valence-electron chi connectivity index (χ3n) is 2.74. The van der Waals surface area contributed by atoms with Gasteiger partial charge in [-0.05, 0) is 37.1 Å². The van der Waals surface area contributed by atoms with Gasteiger partial charge in [0.2, 0.25) is 0 Å². The monoisotopic (exact) mass is 191 g/mol. The molecule has 1 radical (unpaired) electrons. The Morgan fingerprint density at radius 1 is 1.14 bits per heavy atom. The maximum absolute atomic E-state index is 10.9. The Bertz CT molecular complexity index is 289. The molecule has 3 nitrogen and oxygen atoms in total. The second-order valence-corrected chi connectivity index (χ2v) is 3.82. The van der Waals surface area contributed by atoms with E-state index < -0.39 is 0 Å². The lowest BCUT2D eigenvalue weighted by atomic mass is 10.1. The quantitative estimate of drug-likeness (QED) is 0.735. The van der Waals surface area contributed by atoms with Gasteiger partial charge in [0.15, 0.2) is 5.75 Å². The van der Waals surface area contributed by atoms with Crippen LogP contribution in [0.25, 0.3) is 0 Å². The molecule has 2 N–H and O–H groups in total. The zero-order valence-electron chi connectivity index (χ0n) is 8.15. The largest absolute Gasteiger partial charge is 0.371 e. The van der Waals surface area contributed by atoms with Gasteiger partial charge in [0.05, 0.1) is 0 Å². The fourth-order valence-electron chi connectivity index (χ4n) is 1.81. The molecule has 0 saturated carbocycles. The van der Waals surface area contributed by atoms with E-state index in [0.717, 1.165) is 31.6 Å². The van der Waals surface area contributed by atoms with Gasteiger partial charge in [0.25, 0.3) is 0 Å². The van der Waals surface area contributed by atoms with E-state index in [2.05, 4.69) is 4.90 Å². The van der Waals surface area contributed by atoms with Crippen molar-refractivity contribution in [2.75, 3.05) is 18.0 Å². The third kappa shape index (κ3) is 1.99. The molecule has 0 aliphatic carbocycles. The summed E-state index contributed by atoms with van der Waals surface area (Å²) < 4.78 is 0. The number of anilines is 1. The highest BCUT2D eigenvalue weighted by Gasteiger charge is 2.15. The minimum atomic E-state index is 0.0717. The smallest absolute Gasteiger partial charge is 0.178 e. The van der Waals surface area contributed by atoms with Crippen molar-refractivity contribution in [2.24, 2.45) is 5.73 Å². The Kier molecular flexibility index (Phi) is 2.59. The minimum Gasteiger partial charge on any atom is -0.371 e. The van der Waals surface area contributed by atoms with Crippen LogP contribution in [0, 0.1) is 0 Å². The van der Waals surface area contributed by atoms with Crippen molar-refractivity contribution in [3.05, 3.63) is 24.3 Å². The number of piperidine rings is 1. The first-order valence-corrected chi connectivity index (χ1v) is 5.03. The molecule has 3 heteroatoms. The first kappa shape index (κ1) is 9.34. The molecule has 75 valence electrons. The first-order chi connectivity index (χ1) is 6.75. The zero-order chi connectivity index (χ0) is 9.97. The summed E-state index contributed by atoms with van der Waals surface area (Å²) in [4.78, 5) is 2.28. The minimum absolute atomic E-state index is 0.0717. The number of nitrogens with zero attached hydrogens (tertiary/aromatic N) is 1. The summed E-state index contributed by atoms with van der Waals surface area (Å²) in [6.45, 7) is 2.00. The summed E-state index contributed by atoms with van der Waals surface area (Å²) in [6, 6.07) is 7.36. The van der Waals surface area contributed by atoms with Gasteiger partial charge in [-0.2, -0.15) is 0 Å². The van der Waals surface area contributed by atoms with Gasteiger partial charge in [-0.15, -0.1) is 0 Å². The summed E-state index contributed by atoms with van der Waals surface area (Å²) in [5.74, 6) is 0.0717. The lowest BCUT2D eigenvalue weighted by molar-refractivity contribution is 0.355. The maximum atomic E-state index is 10.9. The molecule has 0 unspecified atom stereocenters. The predicted octanol–water partition coefficient (Wildman–Crippen LogP) is 1.76. The van der Waals surface area contributed by atoms with Gasteiger partial charge < -0.3 is 10.6 Å². The zero-order valence-corrected chi connectivity index (χ0v) is 8.15. The van der Waals surface area contributed by atoms with Gasteiger partial charge in [-0.1, -0.05) is 0 Å². The number of hydrogen-bond donors (Lipinski definition) is 1. The van der Waals surface area contributed by atoms with Crippen LogP contribution in [-0.4, -0.2) is 19.1 Å². The van der Waals surface area contributed by atoms with Crippen LogP contribution in [0.2, 0.25) is 0 Å². The summed E-state index contributed by atoms with van der Waals surface area (Å²) >= 11 is 0. The molecule has 1 heterocycles. The van der Waals surface area contributed by atoms with Crippen LogP contribution in [0.5, 0.6) is 5.75 Å². The number of benzene rings is 1. The van der Waals surface area contributed by atoms with Crippen LogP contribution in [-0.2, 0) is 5.11 Å². The summed E-state index contributed by atoms with van der Waals surface area (Å²) in [5.41, 5.74) is 6.96. The highest BCUT2D eigenvalue weighted by Crippen LogP contribution is 2.21. The summed E-state index contributed by atoms with van der Waals surface area (Å²) in [7, 11) is 0. The lowest BCUT2D eigenvalue weighted by Gasteiger charge is -2.31. The van der Waals surface area contributed by atoms with Crippen LogP contribution >= 0.6 is 0 Å². The molecule has 2 rings (SSSR count). The van der Waals surface area contributed by atoms with Crippen molar-refractivity contribution >= 4 is 5.69 Å². The molecule has 1 fully saturated rings. The Balaban J connectivity index is 2.05. The van der Waals surface area contributed by atoms with Gasteiger partial charge in [-0.25, -0.2) is 0 Å². The second kappa shape index (κ2) is 3.88. The molecule has 0 spiro atoms. The molecule has 14 heavy (non-hydrogen) atoms. The average molecular weight is 191 g/mol. The molecule has 0 aromatic heterocycles. The van der Waals surface area contributed by atoms with Crippen LogP contribution in [0.1, 0.15) is 12.8 Å². The van der Waals surface area contributed by atoms with Crippen LogP contribution in [0.15, 0.2) is 24.3 Å². The van der Waals surface area contributed by atoms with Crippen LogP contribution < -0.4 is 10.6 Å². The van der Waals surface area contributed by atoms with E-state index in [1.54, 1.807) is 12.1 Å². The molecule has 0 bridgehead atoms. The normalized spacial score (nSPS) is 18.5. The van der Waals surface area contributed by atoms with Crippen LogP contribution in [0.4, 0.5) is 5.69 Å². The number of nitrogens with two attached hydrogens (primary N) is 1. The van der Waals surface area contributed by atoms with E-state index in [9.17, 15) is 5.11 Å². The van der Waals surface area contributed by atoms with Crippen molar-refractivity contribution in [2.45, 2.75) is 18.9 Å². The highest BCUT2D eigenvalue weighted by molar-refractivity contribution is 5.49. The molecule has 0 atom stereocenters. The van der Waals surface area contributed by atoms with Crippen molar-refractivity contribution < 1.29 is 5.11 Å². The molecule has 1 aliphatic heterocycles. The fraction of sp³-hybridized carbons (Fsp3) is 0.455. The number of hydrogen-bond acceptors (Lipinski definition) is 2. The van der Waals surface area contributed by atoms with Gasteiger partial charge >= 0.3 is 0 Å². The molecule has 1 aliphatic rings. The van der Waals surface area contributed by atoms with Crippen LogP contribution in [0.3, 0.4) is 0 Å². The molecular weight excluding hydrogens is 176 g/mol. The highest BCUT2D eigenvalue weighted by atomic mass is 16.3. The Morgan fingerprint density at radius 2 is 1.71 bits per heavy atom. The van der Waals surface area contributed by atoms with E-state index in [1.165, 1.54) is 0 Å². The van der Waals surface area contributed by atoms with Crippen molar-refractivity contribution in [1.82, 2.24) is 0 Å². The molecule has 1 aromatic rings. The summed E-state index contributed by atoms with van der Waals surface area (Å²) in [6.07, 6.45) is 2.08. The molecule has 1 saturated heterocycles. The van der Waals surface area contributed by atoms with Gasteiger partial charge in [0.1, 0.15) is 0 Å². The third-order valence-corrected chi connectivity index (χ3v) is 2.74. The van der Waals surface area contributed by atoms with Crippen molar-refractivity contribution in [3.8, 4) is 5.75 Å². The van der Waals surface area contributed by atoms with E-state index >= 15 is 0 Å². The topological polar surface area (TPSA) is 49.2 Å². The Labute approximate surface area is 84.1 Å². The van der Waals surface area contributed by atoms with Gasteiger partial charge in [0, 0.05) is 24.8 Å². The lowest BCUT2D eigenvalue weighted by Crippen LogP contribution is -2.39. The predicted molar refractivity (Wildman–Crippen MR) is 56.0 cm³/mol. The van der Waals surface area contributed by atoms with E-state index in [0.29, 0.717) is 6.04 Å². The van der Waals surface area contributed by atoms with E-state index in [1.807, 2.05) is 12.1 Å². The van der Waals surface area contributed by atoms with Gasteiger partial charge in [-0.3, -0.25) is 5.11 Å². The SMILES string of the molecule is NC1CCN(c2ccc([O])cc2)CC1. The van der Waals surface area contributed by atoms with E-state index in [-0.39, 0.29) is 5.75 Å². The Morgan fingerprint density at radius 3 is 2.29 bits per heavy atom. The molecular formula is C11H15N2O. The summed E-state index contributed by atoms with van der Waals surface area (Å²) in [5, 5.41) is 10.9. The standard InChI is InChI=1S/C11H15N2O/c12-9-5-7-13(8-6-9)10-1-3-11(14)4-2-10/h1-4,9H,5-8,12H2. The first-order valence-electron chi connectivity index (χ1n) is 5.03. The fourth-order valence-corrected chi connectivity index (χ4v) is 1.81. The maximum Gasteiger partial charge on any atom is 0.178 e. The van der Waals surface area contributed by atoms with Crippen molar-refractivity contribution in [1.29, 1.82) is 0 Å².